The molecule has 0 saturated carbocycles. The van der Waals surface area contributed by atoms with Gasteiger partial charge in [-0.3, -0.25) is 14.7 Å². The van der Waals surface area contributed by atoms with Crippen LogP contribution in [0, 0.1) is 23.4 Å². The van der Waals surface area contributed by atoms with E-state index in [0.717, 1.165) is 29.4 Å². The topological polar surface area (TPSA) is 60.2 Å². The van der Waals surface area contributed by atoms with Gasteiger partial charge in [-0.05, 0) is 42.7 Å². The van der Waals surface area contributed by atoms with Gasteiger partial charge in [-0.25, -0.2) is 17.9 Å². The van der Waals surface area contributed by atoms with Gasteiger partial charge in [0.1, 0.15) is 6.73 Å². The number of hydrogen-bond donors (Lipinski definition) is 0. The van der Waals surface area contributed by atoms with Crippen LogP contribution in [0.4, 0.5) is 19.0 Å². The van der Waals surface area contributed by atoms with E-state index < -0.39 is 31.4 Å². The Morgan fingerprint density at radius 2 is 1.77 bits per heavy atom. The second kappa shape index (κ2) is 10.3. The van der Waals surface area contributed by atoms with Crippen molar-refractivity contribution in [2.45, 2.75) is 45.3 Å². The Morgan fingerprint density at radius 3 is 2.43 bits per heavy atom. The van der Waals surface area contributed by atoms with Gasteiger partial charge in [0.25, 0.3) is 0 Å². The van der Waals surface area contributed by atoms with Crippen molar-refractivity contribution < 1.29 is 22.7 Å². The molecule has 1 aromatic carbocycles. The molecule has 1 aliphatic rings. The van der Waals surface area contributed by atoms with Crippen molar-refractivity contribution in [3.8, 4) is 11.3 Å². The molecule has 2 aromatic heterocycles. The van der Waals surface area contributed by atoms with E-state index in [1.54, 1.807) is 22.0 Å². The van der Waals surface area contributed by atoms with Crippen LogP contribution in [-0.4, -0.2) is 41.9 Å². The zero-order valence-corrected chi connectivity index (χ0v) is 21.1. The third-order valence-corrected chi connectivity index (χ3v) is 7.78. The molecule has 0 spiro atoms. The number of carbonyl (C=O) groups excluding carboxylic acids is 1. The summed E-state index contributed by atoms with van der Waals surface area (Å²) < 4.78 is 48.2. The number of halogens is 3. The molecule has 1 aliphatic heterocycles. The zero-order valence-electron chi connectivity index (χ0n) is 20.1. The average Bonchev–Trinajstić information content (AvgIpc) is 3.38. The molecule has 0 N–H and O–H groups in total. The Kier molecular flexibility index (Phi) is 7.41. The quantitative estimate of drug-likeness (QED) is 0.227. The molecule has 1 unspecified atom stereocenters. The number of carbonyl (C=O) groups is 1. The molecule has 1 amide bonds. The van der Waals surface area contributed by atoms with Crippen LogP contribution in [-0.2, 0) is 22.7 Å². The summed E-state index contributed by atoms with van der Waals surface area (Å²) >= 11 is 0. The summed E-state index contributed by atoms with van der Waals surface area (Å²) in [5, 5.41) is 4.65. The molecule has 10 heteroatoms. The van der Waals surface area contributed by atoms with Crippen molar-refractivity contribution in [3.05, 3.63) is 65.7 Å². The van der Waals surface area contributed by atoms with Crippen LogP contribution in [0.15, 0.2) is 42.7 Å². The highest BCUT2D eigenvalue weighted by Crippen LogP contribution is 2.31. The third-order valence-electron chi connectivity index (χ3n) is 6.07. The number of anilines is 1. The molecule has 0 aliphatic carbocycles. The Hall–Kier alpha value is -2.98. The first-order valence-corrected chi connectivity index (χ1v) is 15.3. The number of hydrogen-bond acceptors (Lipinski definition) is 4. The Morgan fingerprint density at radius 1 is 1.09 bits per heavy atom. The number of amides is 1. The summed E-state index contributed by atoms with van der Waals surface area (Å²) in [6, 6.07) is 8.50. The third kappa shape index (κ3) is 5.99. The lowest BCUT2D eigenvalue weighted by atomic mass is 9.98. The number of aromatic nitrogens is 3. The molecular weight excluding hydrogens is 473 g/mol. The minimum atomic E-state index is -1.51. The standard InChI is InChI=1S/C25H29F3N4O2Si/c1-35(2,3)11-10-34-16-32-22(18-4-7-29-8-5-18)15-23(30-32)31-9-6-19(25(31)33)12-17-13-20(26)24(28)21(27)14-17/h4-5,7-8,13-15,19H,6,9-12,16H2,1-3H3/q-1. The lowest BCUT2D eigenvalue weighted by Gasteiger charge is -2.26. The van der Waals surface area contributed by atoms with Crippen LogP contribution in [0.25, 0.3) is 11.3 Å². The van der Waals surface area contributed by atoms with Gasteiger partial charge >= 0.3 is 0 Å². The second-order valence-corrected chi connectivity index (χ2v) is 15.6. The fraction of sp³-hybridized carbons (Fsp3) is 0.400. The van der Waals surface area contributed by atoms with E-state index in [9.17, 15) is 18.0 Å². The van der Waals surface area contributed by atoms with Crippen LogP contribution >= 0.6 is 0 Å². The molecule has 35 heavy (non-hydrogen) atoms. The molecule has 0 radical (unpaired) electrons. The Balaban J connectivity index is 1.52. The Bertz CT molecular complexity index is 1170. The summed E-state index contributed by atoms with van der Waals surface area (Å²) in [5.41, 5.74) is 1.95. The predicted molar refractivity (Wildman–Crippen MR) is 130 cm³/mol. The largest absolute Gasteiger partial charge is 0.362 e. The van der Waals surface area contributed by atoms with E-state index in [4.69, 9.17) is 4.74 Å². The summed E-state index contributed by atoms with van der Waals surface area (Å²) in [4.78, 5) is 18.8. The first-order chi connectivity index (χ1) is 16.6. The van der Waals surface area contributed by atoms with Crippen LogP contribution in [0.3, 0.4) is 0 Å². The lowest BCUT2D eigenvalue weighted by molar-refractivity contribution is -0.120. The lowest BCUT2D eigenvalue weighted by Crippen LogP contribution is -2.28. The van der Waals surface area contributed by atoms with Crippen molar-refractivity contribution in [2.24, 2.45) is 5.92 Å². The highest BCUT2D eigenvalue weighted by atomic mass is 28.3. The number of ether oxygens (including phenoxy) is 1. The van der Waals surface area contributed by atoms with Gasteiger partial charge in [-0.2, -0.15) is 24.7 Å². The number of rotatable bonds is 9. The van der Waals surface area contributed by atoms with E-state index in [-0.39, 0.29) is 24.6 Å². The average molecular weight is 503 g/mol. The van der Waals surface area contributed by atoms with Crippen LogP contribution in [0.5, 0.6) is 0 Å². The first-order valence-electron chi connectivity index (χ1n) is 11.6. The van der Waals surface area contributed by atoms with Crippen LogP contribution in [0.2, 0.25) is 25.7 Å². The minimum Gasteiger partial charge on any atom is -0.362 e. The van der Waals surface area contributed by atoms with Crippen molar-refractivity contribution in [3.63, 3.8) is 0 Å². The Labute approximate surface area is 203 Å². The summed E-state index contributed by atoms with van der Waals surface area (Å²) in [6.45, 7) is 8.18. The summed E-state index contributed by atoms with van der Waals surface area (Å²) in [6.07, 6.45) is 4.01. The van der Waals surface area contributed by atoms with Gasteiger partial charge in [-0.15, -0.1) is 14.1 Å². The van der Waals surface area contributed by atoms with E-state index in [1.165, 1.54) is 0 Å². The predicted octanol–water partition coefficient (Wildman–Crippen LogP) is 5.27. The smallest absolute Gasteiger partial charge is 0.231 e. The van der Waals surface area contributed by atoms with E-state index >= 15 is 0 Å². The molecule has 6 nitrogen and oxygen atoms in total. The molecule has 3 aromatic rings. The molecule has 1 atom stereocenters. The van der Waals surface area contributed by atoms with Crippen molar-refractivity contribution in [1.82, 2.24) is 14.8 Å². The number of benzene rings is 1. The summed E-state index contributed by atoms with van der Waals surface area (Å²) in [5.74, 6) is -4.17. The van der Waals surface area contributed by atoms with Gasteiger partial charge < -0.3 is 4.74 Å². The van der Waals surface area contributed by atoms with Gasteiger partial charge in [0.05, 0.1) is 5.69 Å². The van der Waals surface area contributed by atoms with E-state index in [2.05, 4.69) is 29.7 Å². The van der Waals surface area contributed by atoms with Crippen molar-refractivity contribution in [2.75, 3.05) is 18.1 Å². The monoisotopic (exact) mass is 502 g/mol. The normalized spacial score (nSPS) is 16.3. The summed E-state index contributed by atoms with van der Waals surface area (Å²) in [7, 11) is -1.23. The highest BCUT2D eigenvalue weighted by Gasteiger charge is 2.34. The molecule has 1 saturated heterocycles. The zero-order chi connectivity index (χ0) is 25.2. The van der Waals surface area contributed by atoms with Gasteiger partial charge in [0.2, 0.25) is 5.91 Å². The molecular formula is C25H29F3N4O2Si-. The maximum absolute atomic E-state index is 13.6. The van der Waals surface area contributed by atoms with E-state index in [1.807, 2.05) is 18.2 Å². The maximum Gasteiger partial charge on any atom is 0.231 e. The minimum absolute atomic E-state index is 0.126. The molecule has 0 bridgehead atoms. The highest BCUT2D eigenvalue weighted by molar-refractivity contribution is 6.76. The van der Waals surface area contributed by atoms with Gasteiger partial charge in [0.15, 0.2) is 23.3 Å². The fourth-order valence-electron chi connectivity index (χ4n) is 4.08. The SMILES string of the molecule is C[Si-](C)(C)CCOCn1nc(N2CCC(Cc3cc(F)c(F)c(F)c3)C2=O)cc1-c1ccncc1. The second-order valence-electron chi connectivity index (χ2n) is 10.0. The maximum atomic E-state index is 13.6. The van der Waals surface area contributed by atoms with Crippen molar-refractivity contribution >= 4 is 19.8 Å². The number of nitrogens with zero attached hydrogens (tertiary/aromatic N) is 4. The van der Waals surface area contributed by atoms with Crippen LogP contribution < -0.4 is 4.90 Å². The number of pyridine rings is 1. The molecule has 1 fully saturated rings. The first kappa shape index (κ1) is 25.1. The van der Waals surface area contributed by atoms with E-state index in [0.29, 0.717) is 25.4 Å². The van der Waals surface area contributed by atoms with Crippen LogP contribution in [0.1, 0.15) is 12.0 Å². The molecule has 3 heterocycles. The molecule has 187 valence electrons. The molecule has 4 rings (SSSR count). The van der Waals surface area contributed by atoms with Gasteiger partial charge in [-0.1, -0.05) is 0 Å². The fourth-order valence-corrected chi connectivity index (χ4v) is 4.84. The van der Waals surface area contributed by atoms with Crippen molar-refractivity contribution in [1.29, 1.82) is 0 Å². The van der Waals surface area contributed by atoms with Gasteiger partial charge in [0, 0.05) is 43.1 Å².